The maximum atomic E-state index is 11.6. The molecule has 1 aromatic heterocycles. The van der Waals surface area contributed by atoms with Crippen molar-refractivity contribution in [3.05, 3.63) is 27.1 Å². The van der Waals surface area contributed by atoms with Gasteiger partial charge in [-0.15, -0.1) is 0 Å². The molecule has 0 fully saturated rings. The van der Waals surface area contributed by atoms with E-state index in [-0.39, 0.29) is 16.5 Å². The van der Waals surface area contributed by atoms with Crippen molar-refractivity contribution in [2.24, 2.45) is 5.92 Å². The van der Waals surface area contributed by atoms with Crippen LogP contribution in [0.3, 0.4) is 0 Å². The summed E-state index contributed by atoms with van der Waals surface area (Å²) < 4.78 is 0. The molecule has 0 radical (unpaired) electrons. The Morgan fingerprint density at radius 2 is 2.26 bits per heavy atom. The molecule has 0 aliphatic carbocycles. The van der Waals surface area contributed by atoms with Gasteiger partial charge in [0.05, 0.1) is 16.4 Å². The summed E-state index contributed by atoms with van der Waals surface area (Å²) in [6, 6.07) is 1.22. The lowest BCUT2D eigenvalue weighted by Crippen LogP contribution is -2.24. The summed E-state index contributed by atoms with van der Waals surface area (Å²) in [7, 11) is 0. The van der Waals surface area contributed by atoms with Crippen LogP contribution in [0.1, 0.15) is 30.1 Å². The highest BCUT2D eigenvalue weighted by atomic mass is 32.1. The van der Waals surface area contributed by atoms with Crippen molar-refractivity contribution in [1.82, 2.24) is 5.32 Å². The number of amides is 1. The molecule has 0 saturated carbocycles. The second-order valence-corrected chi connectivity index (χ2v) is 4.96. The second kappa shape index (κ2) is 6.83. The molecule has 7 nitrogen and oxygen atoms in total. The molecule has 0 aromatic carbocycles. The SMILES string of the molecule is CC(CCCNC(=O)c1csc([N+](=O)[O-])c1)C(=O)O. The predicted molar refractivity (Wildman–Crippen MR) is 69.3 cm³/mol. The third-order valence-corrected chi connectivity index (χ3v) is 3.43. The van der Waals surface area contributed by atoms with E-state index in [9.17, 15) is 19.7 Å². The molecule has 19 heavy (non-hydrogen) atoms. The van der Waals surface area contributed by atoms with Crippen LogP contribution in [0.5, 0.6) is 0 Å². The third-order valence-electron chi connectivity index (χ3n) is 2.55. The van der Waals surface area contributed by atoms with Gasteiger partial charge >= 0.3 is 11.0 Å². The zero-order chi connectivity index (χ0) is 14.4. The second-order valence-electron chi connectivity index (χ2n) is 4.07. The summed E-state index contributed by atoms with van der Waals surface area (Å²) in [4.78, 5) is 32.1. The van der Waals surface area contributed by atoms with Crippen LogP contribution in [0, 0.1) is 16.0 Å². The fourth-order valence-electron chi connectivity index (χ4n) is 1.38. The van der Waals surface area contributed by atoms with E-state index >= 15 is 0 Å². The number of hydrogen-bond acceptors (Lipinski definition) is 5. The molecule has 0 aliphatic rings. The Morgan fingerprint density at radius 1 is 1.58 bits per heavy atom. The molecule has 104 valence electrons. The first kappa shape index (κ1) is 15.1. The van der Waals surface area contributed by atoms with E-state index < -0.39 is 16.8 Å². The van der Waals surface area contributed by atoms with E-state index in [4.69, 9.17) is 5.11 Å². The quantitative estimate of drug-likeness (QED) is 0.452. The molecule has 1 unspecified atom stereocenters. The molecule has 1 amide bonds. The Hall–Kier alpha value is -1.96. The van der Waals surface area contributed by atoms with E-state index in [0.717, 1.165) is 11.3 Å². The van der Waals surface area contributed by atoms with Crippen LogP contribution in [0.15, 0.2) is 11.4 Å². The van der Waals surface area contributed by atoms with Gasteiger partial charge in [0.2, 0.25) is 0 Å². The van der Waals surface area contributed by atoms with Gasteiger partial charge in [-0.1, -0.05) is 18.3 Å². The average Bonchev–Trinajstić information content (AvgIpc) is 2.83. The van der Waals surface area contributed by atoms with Gasteiger partial charge in [-0.2, -0.15) is 0 Å². The first-order valence-corrected chi connectivity index (χ1v) is 6.53. The fraction of sp³-hybridized carbons (Fsp3) is 0.455. The highest BCUT2D eigenvalue weighted by molar-refractivity contribution is 7.13. The lowest BCUT2D eigenvalue weighted by atomic mass is 10.1. The number of carboxylic acids is 1. The monoisotopic (exact) mass is 286 g/mol. The number of nitro groups is 1. The highest BCUT2D eigenvalue weighted by Crippen LogP contribution is 2.22. The third kappa shape index (κ3) is 4.66. The summed E-state index contributed by atoms with van der Waals surface area (Å²) in [6.07, 6.45) is 1.02. The van der Waals surface area contributed by atoms with Gasteiger partial charge in [0.1, 0.15) is 0 Å². The maximum absolute atomic E-state index is 11.6. The standard InChI is InChI=1S/C11H14N2O5S/c1-7(11(15)16)3-2-4-12-10(14)8-5-9(13(17)18)19-6-8/h5-7H,2-4H2,1H3,(H,12,14)(H,15,16). The Labute approximate surface area is 113 Å². The number of hydrogen-bond donors (Lipinski definition) is 2. The highest BCUT2D eigenvalue weighted by Gasteiger charge is 2.15. The Morgan fingerprint density at radius 3 is 2.79 bits per heavy atom. The maximum Gasteiger partial charge on any atom is 0.324 e. The Kier molecular flexibility index (Phi) is 5.43. The molecule has 1 aromatic rings. The summed E-state index contributed by atoms with van der Waals surface area (Å²) in [6.45, 7) is 1.95. The average molecular weight is 286 g/mol. The number of aliphatic carboxylic acids is 1. The van der Waals surface area contributed by atoms with Crippen molar-refractivity contribution in [2.75, 3.05) is 6.54 Å². The minimum absolute atomic E-state index is 0.0790. The smallest absolute Gasteiger partial charge is 0.324 e. The number of nitrogens with zero attached hydrogens (tertiary/aromatic N) is 1. The fourth-order valence-corrected chi connectivity index (χ4v) is 2.08. The minimum Gasteiger partial charge on any atom is -0.481 e. The van der Waals surface area contributed by atoms with Crippen molar-refractivity contribution in [3.8, 4) is 0 Å². The first-order valence-electron chi connectivity index (χ1n) is 5.65. The predicted octanol–water partition coefficient (Wildman–Crippen LogP) is 1.89. The largest absolute Gasteiger partial charge is 0.481 e. The Balaban J connectivity index is 2.35. The number of carbonyl (C=O) groups is 2. The summed E-state index contributed by atoms with van der Waals surface area (Å²) in [5, 5.41) is 23.1. The van der Waals surface area contributed by atoms with E-state index in [1.165, 1.54) is 11.4 Å². The van der Waals surface area contributed by atoms with Crippen LogP contribution in [0.25, 0.3) is 0 Å². The molecule has 0 spiro atoms. The molecule has 2 N–H and O–H groups in total. The van der Waals surface area contributed by atoms with Crippen LogP contribution in [-0.2, 0) is 4.79 Å². The number of thiophene rings is 1. The van der Waals surface area contributed by atoms with Crippen molar-refractivity contribution in [1.29, 1.82) is 0 Å². The molecule has 1 rings (SSSR count). The zero-order valence-corrected chi connectivity index (χ0v) is 11.1. The molecule has 8 heteroatoms. The number of nitrogens with one attached hydrogen (secondary N) is 1. The molecule has 0 bridgehead atoms. The van der Waals surface area contributed by atoms with E-state index in [0.29, 0.717) is 19.4 Å². The molecular weight excluding hydrogens is 272 g/mol. The van der Waals surface area contributed by atoms with Gasteiger partial charge in [0.25, 0.3) is 5.91 Å². The summed E-state index contributed by atoms with van der Waals surface area (Å²) in [5.74, 6) is -1.69. The lowest BCUT2D eigenvalue weighted by molar-refractivity contribution is -0.380. The van der Waals surface area contributed by atoms with Crippen molar-refractivity contribution >= 4 is 28.2 Å². The van der Waals surface area contributed by atoms with Crippen molar-refractivity contribution < 1.29 is 19.6 Å². The van der Waals surface area contributed by atoms with Gasteiger partial charge < -0.3 is 10.4 Å². The minimum atomic E-state index is -0.861. The van der Waals surface area contributed by atoms with E-state index in [1.54, 1.807) is 6.92 Å². The molecule has 0 saturated heterocycles. The van der Waals surface area contributed by atoms with E-state index in [2.05, 4.69) is 5.32 Å². The number of carbonyl (C=O) groups excluding carboxylic acids is 1. The van der Waals surface area contributed by atoms with Gasteiger partial charge in [0.15, 0.2) is 0 Å². The van der Waals surface area contributed by atoms with Crippen LogP contribution < -0.4 is 5.32 Å². The molecule has 1 heterocycles. The van der Waals surface area contributed by atoms with Gasteiger partial charge in [-0.25, -0.2) is 0 Å². The van der Waals surface area contributed by atoms with E-state index in [1.807, 2.05) is 0 Å². The normalized spacial score (nSPS) is 11.8. The summed E-state index contributed by atoms with van der Waals surface area (Å²) in [5.41, 5.74) is 0.253. The molecular formula is C11H14N2O5S. The van der Waals surface area contributed by atoms with Crippen molar-refractivity contribution in [2.45, 2.75) is 19.8 Å². The zero-order valence-electron chi connectivity index (χ0n) is 10.3. The van der Waals surface area contributed by atoms with Crippen LogP contribution in [-0.4, -0.2) is 28.5 Å². The number of carboxylic acid groups (broad SMARTS) is 1. The Bertz CT molecular complexity index is 485. The van der Waals surface area contributed by atoms with Crippen molar-refractivity contribution in [3.63, 3.8) is 0 Å². The van der Waals surface area contributed by atoms with Gasteiger partial charge in [0, 0.05) is 18.0 Å². The van der Waals surface area contributed by atoms with Crippen LogP contribution in [0.2, 0.25) is 0 Å². The van der Waals surface area contributed by atoms with Gasteiger partial charge in [-0.3, -0.25) is 19.7 Å². The van der Waals surface area contributed by atoms with Gasteiger partial charge in [-0.05, 0) is 12.8 Å². The molecule has 0 aliphatic heterocycles. The topological polar surface area (TPSA) is 110 Å². The molecule has 1 atom stereocenters. The van der Waals surface area contributed by atoms with Crippen LogP contribution in [0.4, 0.5) is 5.00 Å². The number of rotatable bonds is 7. The lowest BCUT2D eigenvalue weighted by Gasteiger charge is -2.06. The summed E-state index contributed by atoms with van der Waals surface area (Å²) >= 11 is 0.896. The first-order chi connectivity index (χ1) is 8.91. The van der Waals surface area contributed by atoms with Crippen LogP contribution >= 0.6 is 11.3 Å².